The van der Waals surface area contributed by atoms with Crippen LogP contribution in [0, 0.1) is 11.3 Å². The Morgan fingerprint density at radius 3 is 2.53 bits per heavy atom. The molecular formula is C20H25ClF3N3O6Re. The number of alkyl halides is 3. The number of hydrogen-bond acceptors (Lipinski definition) is 7. The van der Waals surface area contributed by atoms with E-state index in [1.165, 1.54) is 12.1 Å². The van der Waals surface area contributed by atoms with Crippen molar-refractivity contribution in [3.63, 3.8) is 0 Å². The van der Waals surface area contributed by atoms with Gasteiger partial charge in [0.2, 0.25) is 0 Å². The molecule has 9 nitrogen and oxygen atoms in total. The first-order valence-corrected chi connectivity index (χ1v) is 14.5. The molecule has 0 radical (unpaired) electrons. The van der Waals surface area contributed by atoms with Crippen LogP contribution in [0.25, 0.3) is 0 Å². The summed E-state index contributed by atoms with van der Waals surface area (Å²) in [5.74, 6) is -5.62. The minimum absolute atomic E-state index is 0.000512. The number of benzene rings is 1. The first-order chi connectivity index (χ1) is 15.7. The molecule has 0 aromatic heterocycles. The summed E-state index contributed by atoms with van der Waals surface area (Å²) in [7, 11) is 5.76. The van der Waals surface area contributed by atoms with Gasteiger partial charge in [-0.1, -0.05) is 0 Å². The Morgan fingerprint density at radius 1 is 1.29 bits per heavy atom. The van der Waals surface area contributed by atoms with Crippen molar-refractivity contribution in [3.8, 4) is 5.75 Å². The molecule has 0 bridgehead atoms. The summed E-state index contributed by atoms with van der Waals surface area (Å²) in [5.41, 5.74) is 1.40. The summed E-state index contributed by atoms with van der Waals surface area (Å²) in [6, 6.07) is 6.08. The maximum atomic E-state index is 13.4. The van der Waals surface area contributed by atoms with E-state index in [9.17, 15) is 32.8 Å². The molecule has 1 aliphatic rings. The van der Waals surface area contributed by atoms with Crippen LogP contribution in [0.5, 0.6) is 5.75 Å². The summed E-state index contributed by atoms with van der Waals surface area (Å²) in [5, 5.41) is 9.41. The number of rotatable bonds is 6. The van der Waals surface area contributed by atoms with Crippen molar-refractivity contribution in [2.45, 2.75) is 38.8 Å². The van der Waals surface area contributed by atoms with E-state index in [4.69, 9.17) is 13.0 Å². The van der Waals surface area contributed by atoms with E-state index in [1.54, 1.807) is 23.1 Å². The molecule has 0 unspecified atom stereocenters. The van der Waals surface area contributed by atoms with Gasteiger partial charge < -0.3 is 0 Å². The molecule has 3 N–H and O–H groups in total. The summed E-state index contributed by atoms with van der Waals surface area (Å²) >= 11 is -1.53. The number of amides is 2. The van der Waals surface area contributed by atoms with Crippen LogP contribution in [0.3, 0.4) is 0 Å². The zero-order valence-electron chi connectivity index (χ0n) is 18.5. The number of hydrogen-bond donors (Lipinski definition) is 3. The maximum absolute atomic E-state index is 13.4. The number of nitrogens with one attached hydrogen (secondary N) is 2. The van der Waals surface area contributed by atoms with Crippen molar-refractivity contribution in [2.75, 3.05) is 19.6 Å². The Hall–Kier alpha value is -1.91. The Kier molecular flexibility index (Phi) is 9.35. The molecule has 34 heavy (non-hydrogen) atoms. The van der Waals surface area contributed by atoms with Crippen molar-refractivity contribution >= 4 is 27.3 Å². The standard InChI is InChI=1S/C20H26F3N3O6.ClH.Re/c1-18(2,3)11-26-8-7-19(14(10-26)15(28)24-31,12-5-4-6-13(27)9-12)16(29)25-32-17(30)20(21,22)23;;/h4-6,9,14,27,31H,7-8,10-11H2,1-3H3,(H,24,28)(H,25,29);1H;/q;;+2/p-2/t14-,19-;;/m1../s1. The van der Waals surface area contributed by atoms with E-state index in [0.717, 1.165) is 0 Å². The number of carbonyl (C=O) groups is 3. The normalized spacial score (nSPS) is 21.5. The predicted octanol–water partition coefficient (Wildman–Crippen LogP) is 2.46. The van der Waals surface area contributed by atoms with Crippen LogP contribution in [0.2, 0.25) is 0 Å². The molecule has 1 aliphatic heterocycles. The summed E-state index contributed by atoms with van der Waals surface area (Å²) in [4.78, 5) is 43.2. The molecule has 2 atom stereocenters. The second-order valence-electron chi connectivity index (χ2n) is 9.03. The molecule has 1 aromatic carbocycles. The van der Waals surface area contributed by atoms with Crippen LogP contribution in [-0.2, 0) is 42.0 Å². The Morgan fingerprint density at radius 2 is 1.97 bits per heavy atom. The van der Waals surface area contributed by atoms with E-state index in [1.807, 2.05) is 25.7 Å². The van der Waals surface area contributed by atoms with Crippen LogP contribution in [0.4, 0.5) is 13.2 Å². The molecule has 0 saturated carbocycles. The van der Waals surface area contributed by atoms with Gasteiger partial charge in [-0.2, -0.15) is 0 Å². The van der Waals surface area contributed by atoms with E-state index >= 15 is 0 Å². The average Bonchev–Trinajstić information content (AvgIpc) is 2.75. The number of nitrogens with zero attached hydrogens (tertiary/aromatic N) is 1. The number of halogens is 4. The van der Waals surface area contributed by atoms with E-state index < -0.39 is 52.6 Å². The molecule has 191 valence electrons. The third kappa shape index (κ3) is 6.82. The molecule has 0 spiro atoms. The fourth-order valence-corrected chi connectivity index (χ4v) is 5.20. The van der Waals surface area contributed by atoms with Crippen molar-refractivity contribution in [2.24, 2.45) is 11.3 Å². The van der Waals surface area contributed by atoms with Crippen LogP contribution < -0.4 is 14.4 Å². The van der Waals surface area contributed by atoms with Crippen LogP contribution >= 0.6 is 9.53 Å². The number of hydroxylamine groups is 2. The zero-order chi connectivity index (χ0) is 25.7. The molecule has 2 rings (SSSR count). The van der Waals surface area contributed by atoms with Crippen molar-refractivity contribution < 1.29 is 58.4 Å². The van der Waals surface area contributed by atoms with E-state index in [0.29, 0.717) is 18.8 Å². The second kappa shape index (κ2) is 11.2. The third-order valence-corrected chi connectivity index (χ3v) is 6.65. The van der Waals surface area contributed by atoms with Gasteiger partial charge >= 0.3 is 207 Å². The average molecular weight is 682 g/mol. The van der Waals surface area contributed by atoms with Crippen LogP contribution in [-0.4, -0.2) is 53.7 Å². The van der Waals surface area contributed by atoms with Gasteiger partial charge in [0.1, 0.15) is 0 Å². The third-order valence-electron chi connectivity index (χ3n) is 5.32. The zero-order valence-corrected chi connectivity index (χ0v) is 22.0. The molecule has 2 amide bonds. The fraction of sp³-hybridized carbons (Fsp3) is 0.550. The van der Waals surface area contributed by atoms with Crippen molar-refractivity contribution in [1.82, 2.24) is 15.9 Å². The van der Waals surface area contributed by atoms with Crippen LogP contribution in [0.1, 0.15) is 32.8 Å². The predicted molar refractivity (Wildman–Crippen MR) is 109 cm³/mol. The van der Waals surface area contributed by atoms with Crippen molar-refractivity contribution in [1.29, 1.82) is 0 Å². The number of likely N-dealkylation sites (tertiary alicyclic amines) is 1. The summed E-state index contributed by atoms with van der Waals surface area (Å²) in [6.07, 6.45) is -5.36. The minimum atomic E-state index is -5.34. The molecule has 14 heteroatoms. The molecule has 1 aromatic rings. The molecule has 1 fully saturated rings. The molecule has 1 heterocycles. The van der Waals surface area contributed by atoms with Gasteiger partial charge in [-0.25, -0.2) is 0 Å². The van der Waals surface area contributed by atoms with Gasteiger partial charge in [0, 0.05) is 0 Å². The van der Waals surface area contributed by atoms with Gasteiger partial charge in [-0.15, -0.1) is 0 Å². The van der Waals surface area contributed by atoms with Gasteiger partial charge in [-0.05, 0) is 0 Å². The Labute approximate surface area is 206 Å². The van der Waals surface area contributed by atoms with Crippen molar-refractivity contribution in [3.05, 3.63) is 29.8 Å². The number of carbonyl (C=O) groups excluding carboxylic acids is 3. The monoisotopic (exact) mass is 682 g/mol. The molecule has 0 aliphatic carbocycles. The topological polar surface area (TPSA) is 117 Å². The Bertz CT molecular complexity index is 914. The first-order valence-electron chi connectivity index (χ1n) is 10.0. The SMILES string of the molecule is CC(C)(C)CN1CC[C@@](C(=O)NOC(=O)C(F)(F)F)(c2cccc([O][Re][Cl])c2)[C@@H](C(=O)NO)C1. The fourth-order valence-electron chi connectivity index (χ4n) is 4.06. The van der Waals surface area contributed by atoms with E-state index in [2.05, 4.69) is 4.84 Å². The van der Waals surface area contributed by atoms with Gasteiger partial charge in [0.15, 0.2) is 0 Å². The molecule has 1 saturated heterocycles. The molecular weight excluding hydrogens is 657 g/mol. The van der Waals surface area contributed by atoms with Gasteiger partial charge in [0.25, 0.3) is 0 Å². The van der Waals surface area contributed by atoms with E-state index in [-0.39, 0.29) is 23.9 Å². The second-order valence-corrected chi connectivity index (χ2v) is 11.0. The quantitative estimate of drug-likeness (QED) is 0.312. The number of piperidine rings is 1. The first kappa shape index (κ1) is 28.3. The Balaban J connectivity index is 2.54. The van der Waals surface area contributed by atoms with Gasteiger partial charge in [0.05, 0.1) is 0 Å². The summed E-state index contributed by atoms with van der Waals surface area (Å²) < 4.78 is 43.2. The van der Waals surface area contributed by atoms with Gasteiger partial charge in [-0.3, -0.25) is 0 Å². The summed E-state index contributed by atoms with van der Waals surface area (Å²) in [6.45, 7) is 6.79. The van der Waals surface area contributed by atoms with Crippen LogP contribution in [0.15, 0.2) is 24.3 Å².